The first-order valence-electron chi connectivity index (χ1n) is 7.20. The fourth-order valence-electron chi connectivity index (χ4n) is 2.07. The highest BCUT2D eigenvalue weighted by Gasteiger charge is 2.62. The maximum atomic E-state index is 6.37. The number of halogens is 2. The maximum absolute atomic E-state index is 6.37. The largest absolute Gasteiger partial charge is 0.319 e. The smallest absolute Gasteiger partial charge is 0.258 e. The number of hydrogen-bond acceptors (Lipinski definition) is 2. The zero-order chi connectivity index (χ0) is 16.5. The normalized spacial score (nSPS) is 16.4. The average molecular weight is 437 g/mol. The molecule has 1 N–H and O–H groups in total. The quantitative estimate of drug-likeness (QED) is 0.331. The van der Waals surface area contributed by atoms with E-state index in [4.69, 9.17) is 4.53 Å². The van der Waals surface area contributed by atoms with Crippen molar-refractivity contribution in [2.24, 2.45) is 5.41 Å². The molecule has 1 aromatic carbocycles. The van der Waals surface area contributed by atoms with Crippen molar-refractivity contribution in [3.05, 3.63) is 30.3 Å². The summed E-state index contributed by atoms with van der Waals surface area (Å²) in [6.07, 6.45) is 0. The molecule has 0 aromatic heterocycles. The Morgan fingerprint density at radius 2 is 1.43 bits per heavy atom. The van der Waals surface area contributed by atoms with Crippen molar-refractivity contribution in [1.29, 1.82) is 0 Å². The highest BCUT2D eigenvalue weighted by Crippen LogP contribution is 2.58. The van der Waals surface area contributed by atoms with Crippen LogP contribution in [-0.4, -0.2) is 11.2 Å². The van der Waals surface area contributed by atoms with Gasteiger partial charge in [-0.15, -0.1) is 0 Å². The Hall–Kier alpha value is 0.157. The Bertz CT molecular complexity index is 465. The Morgan fingerprint density at radius 3 is 1.81 bits per heavy atom. The van der Waals surface area contributed by atoms with Crippen molar-refractivity contribution < 1.29 is 4.53 Å². The summed E-state index contributed by atoms with van der Waals surface area (Å²) in [5, 5.41) is 0.0368. The highest BCUT2D eigenvalue weighted by molar-refractivity contribution is 9.26. The molecule has 0 aliphatic heterocycles. The molecule has 0 spiro atoms. The zero-order valence-corrected chi connectivity index (χ0v) is 18.2. The first-order valence-corrected chi connectivity index (χ1v) is 11.2. The second kappa shape index (κ2) is 6.34. The standard InChI is InChI=1S/C16H27Br2NOSi/c1-14(2,3)16(17,18)21(7,15(4,5)6)20-19-13-11-9-8-10-12-13/h8-12,19H,1-7H3. The van der Waals surface area contributed by atoms with E-state index in [0.717, 1.165) is 5.69 Å². The molecule has 2 nitrogen and oxygen atoms in total. The van der Waals surface area contributed by atoms with Crippen LogP contribution in [0.25, 0.3) is 0 Å². The summed E-state index contributed by atoms with van der Waals surface area (Å²) in [7, 11) is -2.27. The van der Waals surface area contributed by atoms with Gasteiger partial charge in [0.15, 0.2) is 0 Å². The van der Waals surface area contributed by atoms with Crippen LogP contribution in [-0.2, 0) is 4.53 Å². The number of alkyl halides is 2. The fraction of sp³-hybridized carbons (Fsp3) is 0.625. The van der Waals surface area contributed by atoms with Crippen LogP contribution in [0.2, 0.25) is 11.6 Å². The molecule has 0 saturated carbocycles. The van der Waals surface area contributed by atoms with Crippen LogP contribution in [0, 0.1) is 5.41 Å². The number of rotatable bonds is 4. The minimum absolute atomic E-state index is 0.0135. The van der Waals surface area contributed by atoms with Gasteiger partial charge in [-0.1, -0.05) is 91.6 Å². The monoisotopic (exact) mass is 435 g/mol. The van der Waals surface area contributed by atoms with E-state index in [1.807, 2.05) is 30.3 Å². The van der Waals surface area contributed by atoms with E-state index in [-0.39, 0.29) is 13.3 Å². The maximum Gasteiger partial charge on any atom is 0.258 e. The van der Waals surface area contributed by atoms with Crippen molar-refractivity contribution in [3.8, 4) is 0 Å². The molecule has 0 aliphatic carbocycles. The lowest BCUT2D eigenvalue weighted by atomic mass is 10.0. The van der Waals surface area contributed by atoms with E-state index < -0.39 is 8.32 Å². The van der Waals surface area contributed by atoms with E-state index in [2.05, 4.69) is 85.4 Å². The van der Waals surface area contributed by atoms with Crippen LogP contribution in [0.5, 0.6) is 0 Å². The van der Waals surface area contributed by atoms with Gasteiger partial charge >= 0.3 is 0 Å². The first kappa shape index (κ1) is 19.2. The van der Waals surface area contributed by atoms with Gasteiger partial charge in [-0.05, 0) is 29.1 Å². The molecule has 0 heterocycles. The van der Waals surface area contributed by atoms with Gasteiger partial charge in [0.05, 0.1) is 5.69 Å². The molecule has 0 saturated heterocycles. The van der Waals surface area contributed by atoms with Gasteiger partial charge in [0.25, 0.3) is 8.32 Å². The van der Waals surface area contributed by atoms with Gasteiger partial charge < -0.3 is 4.53 Å². The van der Waals surface area contributed by atoms with Crippen LogP contribution >= 0.6 is 31.9 Å². The third-order valence-electron chi connectivity index (χ3n) is 4.12. The van der Waals surface area contributed by atoms with E-state index in [9.17, 15) is 0 Å². The topological polar surface area (TPSA) is 21.3 Å². The molecule has 0 radical (unpaired) electrons. The van der Waals surface area contributed by atoms with Gasteiger partial charge in [0.1, 0.15) is 2.86 Å². The van der Waals surface area contributed by atoms with Gasteiger partial charge in [-0.3, -0.25) is 5.48 Å². The van der Waals surface area contributed by atoms with Gasteiger partial charge in [-0.25, -0.2) is 0 Å². The van der Waals surface area contributed by atoms with Crippen molar-refractivity contribution in [3.63, 3.8) is 0 Å². The van der Waals surface area contributed by atoms with Gasteiger partial charge in [0.2, 0.25) is 0 Å². The van der Waals surface area contributed by atoms with Gasteiger partial charge in [-0.2, -0.15) is 0 Å². The molecule has 0 aliphatic rings. The summed E-state index contributed by atoms with van der Waals surface area (Å²) in [5.74, 6) is 0. The summed E-state index contributed by atoms with van der Waals surface area (Å²) < 4.78 is 6.10. The lowest BCUT2D eigenvalue weighted by molar-refractivity contribution is 0.315. The summed E-state index contributed by atoms with van der Waals surface area (Å²) in [6, 6.07) is 10.0. The number of anilines is 1. The molecule has 1 atom stereocenters. The average Bonchev–Trinajstić information content (AvgIpc) is 2.34. The molecular weight excluding hydrogens is 410 g/mol. The Morgan fingerprint density at radius 1 is 0.952 bits per heavy atom. The predicted molar refractivity (Wildman–Crippen MR) is 103 cm³/mol. The number of nitrogens with one attached hydrogen (secondary N) is 1. The minimum atomic E-state index is -2.27. The van der Waals surface area contributed by atoms with Crippen LogP contribution in [0.15, 0.2) is 30.3 Å². The lowest BCUT2D eigenvalue weighted by Crippen LogP contribution is -2.63. The molecule has 0 bridgehead atoms. The molecule has 0 amide bonds. The molecule has 21 heavy (non-hydrogen) atoms. The van der Waals surface area contributed by atoms with Crippen molar-refractivity contribution in [2.75, 3.05) is 5.48 Å². The summed E-state index contributed by atoms with van der Waals surface area (Å²) in [6.45, 7) is 15.7. The molecule has 120 valence electrons. The van der Waals surface area contributed by atoms with Gasteiger partial charge in [0, 0.05) is 0 Å². The van der Waals surface area contributed by atoms with E-state index in [1.54, 1.807) is 0 Å². The minimum Gasteiger partial charge on any atom is -0.319 e. The van der Waals surface area contributed by atoms with Crippen LogP contribution in [0.3, 0.4) is 0 Å². The van der Waals surface area contributed by atoms with E-state index in [0.29, 0.717) is 0 Å². The number of para-hydroxylation sites is 1. The lowest BCUT2D eigenvalue weighted by Gasteiger charge is -2.52. The fourth-order valence-corrected chi connectivity index (χ4v) is 9.25. The second-order valence-corrected chi connectivity index (χ2v) is 17.1. The van der Waals surface area contributed by atoms with Crippen LogP contribution in [0.1, 0.15) is 41.5 Å². The van der Waals surface area contributed by atoms with Crippen LogP contribution < -0.4 is 5.48 Å². The van der Waals surface area contributed by atoms with Crippen LogP contribution in [0.4, 0.5) is 5.69 Å². The Balaban J connectivity index is 3.12. The molecule has 1 aromatic rings. The molecule has 1 unspecified atom stereocenters. The highest BCUT2D eigenvalue weighted by atomic mass is 79.9. The summed E-state index contributed by atoms with van der Waals surface area (Å²) in [4.78, 5) is 0. The zero-order valence-electron chi connectivity index (χ0n) is 14.1. The molecule has 0 fully saturated rings. The molecule has 1 rings (SSSR count). The first-order chi connectivity index (χ1) is 9.33. The Kier molecular flexibility index (Phi) is 5.80. The van der Waals surface area contributed by atoms with Crippen molar-refractivity contribution in [1.82, 2.24) is 0 Å². The van der Waals surface area contributed by atoms with E-state index in [1.165, 1.54) is 0 Å². The van der Waals surface area contributed by atoms with Crippen molar-refractivity contribution in [2.45, 2.75) is 56.0 Å². The number of hydrogen-bond donors (Lipinski definition) is 1. The Labute approximate surface area is 147 Å². The van der Waals surface area contributed by atoms with E-state index >= 15 is 0 Å². The summed E-state index contributed by atoms with van der Waals surface area (Å²) in [5.41, 5.74) is 4.16. The molecule has 5 heteroatoms. The molecular formula is C16H27Br2NOSi. The van der Waals surface area contributed by atoms with Crippen molar-refractivity contribution >= 4 is 45.9 Å². The number of benzene rings is 1. The second-order valence-electron chi connectivity index (χ2n) is 7.68. The third kappa shape index (κ3) is 3.92. The predicted octanol–water partition coefficient (Wildman–Crippen LogP) is 6.48. The summed E-state index contributed by atoms with van der Waals surface area (Å²) >= 11 is 7.90. The SMILES string of the molecule is CC(C)(C)C(Br)(Br)[Si](C)(ONc1ccccc1)C(C)(C)C. The third-order valence-corrected chi connectivity index (χ3v) is 16.4.